The number of rotatable bonds is 4. The van der Waals surface area contributed by atoms with Crippen LogP contribution in [-0.2, 0) is 9.59 Å². The van der Waals surface area contributed by atoms with E-state index in [1.807, 2.05) is 13.8 Å². The number of carbonyl (C=O) groups is 2. The molecule has 0 fully saturated rings. The molecule has 0 aliphatic rings. The minimum atomic E-state index is -0.424. The zero-order chi connectivity index (χ0) is 17.7. The van der Waals surface area contributed by atoms with Crippen molar-refractivity contribution in [3.05, 3.63) is 69.7 Å². The molecule has 4 nitrogen and oxygen atoms in total. The number of amides is 2. The Morgan fingerprint density at radius 1 is 0.792 bits per heavy atom. The number of carbonyl (C=O) groups excluding carboxylic acids is 2. The van der Waals surface area contributed by atoms with E-state index in [1.54, 1.807) is 36.4 Å². The van der Waals surface area contributed by atoms with E-state index in [0.717, 1.165) is 23.3 Å². The Hall–Kier alpha value is -2.30. The molecule has 24 heavy (non-hydrogen) atoms. The average molecular weight is 363 g/mol. The predicted molar refractivity (Wildman–Crippen MR) is 98.8 cm³/mol. The van der Waals surface area contributed by atoms with Crippen molar-refractivity contribution < 1.29 is 9.59 Å². The lowest BCUT2D eigenvalue weighted by Crippen LogP contribution is -2.12. The standard InChI is InChI=1S/C18H16Cl2N2O2/c1-11-3-5-13(9-15(11)19)21-17(23)7-8-18(24)22-14-6-4-12(2)16(20)10-14/h3-10H,1-2H3,(H,21,23)(H,22,24). The van der Waals surface area contributed by atoms with Gasteiger partial charge >= 0.3 is 0 Å². The van der Waals surface area contributed by atoms with Gasteiger partial charge < -0.3 is 10.6 Å². The third-order valence-corrected chi connectivity index (χ3v) is 4.08. The van der Waals surface area contributed by atoms with Crippen LogP contribution in [0.4, 0.5) is 11.4 Å². The molecule has 2 aromatic carbocycles. The summed E-state index contributed by atoms with van der Waals surface area (Å²) in [6.07, 6.45) is 2.30. The highest BCUT2D eigenvalue weighted by atomic mass is 35.5. The van der Waals surface area contributed by atoms with Crippen molar-refractivity contribution in [2.24, 2.45) is 0 Å². The van der Waals surface area contributed by atoms with Gasteiger partial charge in [-0.1, -0.05) is 35.3 Å². The van der Waals surface area contributed by atoms with E-state index in [4.69, 9.17) is 23.2 Å². The molecule has 2 aromatic rings. The molecule has 6 heteroatoms. The summed E-state index contributed by atoms with van der Waals surface area (Å²) in [7, 11) is 0. The molecule has 0 aromatic heterocycles. The summed E-state index contributed by atoms with van der Waals surface area (Å²) in [5.74, 6) is -0.848. The van der Waals surface area contributed by atoms with Gasteiger partial charge in [0.05, 0.1) is 0 Å². The van der Waals surface area contributed by atoms with Gasteiger partial charge in [-0.2, -0.15) is 0 Å². The molecular formula is C18H16Cl2N2O2. The molecule has 0 heterocycles. The van der Waals surface area contributed by atoms with Crippen LogP contribution in [0.3, 0.4) is 0 Å². The van der Waals surface area contributed by atoms with Crippen LogP contribution < -0.4 is 10.6 Å². The van der Waals surface area contributed by atoms with Crippen molar-refractivity contribution in [1.82, 2.24) is 0 Å². The van der Waals surface area contributed by atoms with Gasteiger partial charge in [-0.15, -0.1) is 0 Å². The Bertz CT molecular complexity index is 749. The average Bonchev–Trinajstić information content (AvgIpc) is 2.53. The fourth-order valence-electron chi connectivity index (χ4n) is 1.86. The summed E-state index contributed by atoms with van der Waals surface area (Å²) >= 11 is 12.0. The van der Waals surface area contributed by atoms with Crippen LogP contribution in [0, 0.1) is 13.8 Å². The van der Waals surface area contributed by atoms with E-state index in [2.05, 4.69) is 10.6 Å². The van der Waals surface area contributed by atoms with Crippen LogP contribution in [0.15, 0.2) is 48.6 Å². The van der Waals surface area contributed by atoms with E-state index in [1.165, 1.54) is 0 Å². The lowest BCUT2D eigenvalue weighted by Gasteiger charge is -2.05. The SMILES string of the molecule is Cc1ccc(NC(=O)C=CC(=O)Nc2ccc(C)c(Cl)c2)cc1Cl. The van der Waals surface area contributed by atoms with Crippen LogP contribution in [0.1, 0.15) is 11.1 Å². The summed E-state index contributed by atoms with van der Waals surface area (Å²) in [5.41, 5.74) is 2.96. The Labute approximate surface area is 150 Å². The van der Waals surface area contributed by atoms with Crippen LogP contribution >= 0.6 is 23.2 Å². The molecule has 0 saturated heterocycles. The van der Waals surface area contributed by atoms with Crippen LogP contribution in [0.5, 0.6) is 0 Å². The zero-order valence-corrected chi connectivity index (χ0v) is 14.7. The van der Waals surface area contributed by atoms with Gasteiger partial charge in [-0.25, -0.2) is 0 Å². The van der Waals surface area contributed by atoms with Crippen molar-refractivity contribution in [2.45, 2.75) is 13.8 Å². The molecule has 0 radical (unpaired) electrons. The highest BCUT2D eigenvalue weighted by Gasteiger charge is 2.04. The predicted octanol–water partition coefficient (Wildman–Crippen LogP) is 4.74. The Morgan fingerprint density at radius 3 is 1.50 bits per heavy atom. The summed E-state index contributed by atoms with van der Waals surface area (Å²) in [4.78, 5) is 23.6. The molecule has 0 unspecified atom stereocenters. The van der Waals surface area contributed by atoms with E-state index in [-0.39, 0.29) is 0 Å². The lowest BCUT2D eigenvalue weighted by atomic mass is 10.2. The van der Waals surface area contributed by atoms with Gasteiger partial charge in [0.2, 0.25) is 11.8 Å². The van der Waals surface area contributed by atoms with Crippen molar-refractivity contribution in [3.63, 3.8) is 0 Å². The zero-order valence-electron chi connectivity index (χ0n) is 13.2. The summed E-state index contributed by atoms with van der Waals surface area (Å²) < 4.78 is 0. The van der Waals surface area contributed by atoms with Gasteiger partial charge in [-0.05, 0) is 49.2 Å². The maximum absolute atomic E-state index is 11.8. The molecule has 0 spiro atoms. The third kappa shape index (κ3) is 5.11. The number of aryl methyl sites for hydroxylation is 2. The van der Waals surface area contributed by atoms with Crippen molar-refractivity contribution >= 4 is 46.4 Å². The minimum absolute atomic E-state index is 0.424. The van der Waals surface area contributed by atoms with E-state index in [0.29, 0.717) is 21.4 Å². The summed E-state index contributed by atoms with van der Waals surface area (Å²) in [5, 5.41) is 6.39. The molecule has 0 aliphatic carbocycles. The first-order valence-corrected chi connectivity index (χ1v) is 7.93. The molecule has 124 valence electrons. The first kappa shape index (κ1) is 18.0. The Kier molecular flexibility index (Phi) is 6.01. The van der Waals surface area contributed by atoms with Crippen molar-refractivity contribution in [1.29, 1.82) is 0 Å². The van der Waals surface area contributed by atoms with Gasteiger partial charge in [0, 0.05) is 33.6 Å². The lowest BCUT2D eigenvalue weighted by molar-refractivity contribution is -0.114. The van der Waals surface area contributed by atoms with Crippen LogP contribution in [-0.4, -0.2) is 11.8 Å². The second-order valence-electron chi connectivity index (χ2n) is 5.24. The number of hydrogen-bond donors (Lipinski definition) is 2. The first-order valence-electron chi connectivity index (χ1n) is 7.17. The van der Waals surface area contributed by atoms with Crippen molar-refractivity contribution in [3.8, 4) is 0 Å². The molecular weight excluding hydrogens is 347 g/mol. The molecule has 0 aliphatic heterocycles. The third-order valence-electron chi connectivity index (χ3n) is 3.26. The van der Waals surface area contributed by atoms with Gasteiger partial charge in [-0.3, -0.25) is 9.59 Å². The van der Waals surface area contributed by atoms with Crippen molar-refractivity contribution in [2.75, 3.05) is 10.6 Å². The molecule has 0 saturated carbocycles. The fourth-order valence-corrected chi connectivity index (χ4v) is 2.22. The van der Waals surface area contributed by atoms with Gasteiger partial charge in [0.25, 0.3) is 0 Å². The molecule has 2 amide bonds. The van der Waals surface area contributed by atoms with Crippen LogP contribution in [0.25, 0.3) is 0 Å². The smallest absolute Gasteiger partial charge is 0.248 e. The van der Waals surface area contributed by atoms with Gasteiger partial charge in [0.15, 0.2) is 0 Å². The number of hydrogen-bond acceptors (Lipinski definition) is 2. The van der Waals surface area contributed by atoms with Gasteiger partial charge in [0.1, 0.15) is 0 Å². The maximum Gasteiger partial charge on any atom is 0.248 e. The topological polar surface area (TPSA) is 58.2 Å². The maximum atomic E-state index is 11.8. The normalized spacial score (nSPS) is 10.7. The number of halogens is 2. The highest BCUT2D eigenvalue weighted by Crippen LogP contribution is 2.20. The molecule has 2 rings (SSSR count). The second-order valence-corrected chi connectivity index (χ2v) is 6.05. The van der Waals surface area contributed by atoms with E-state index < -0.39 is 11.8 Å². The van der Waals surface area contributed by atoms with E-state index in [9.17, 15) is 9.59 Å². The number of nitrogens with one attached hydrogen (secondary N) is 2. The Morgan fingerprint density at radius 2 is 1.17 bits per heavy atom. The van der Waals surface area contributed by atoms with E-state index >= 15 is 0 Å². The summed E-state index contributed by atoms with van der Waals surface area (Å²) in [6.45, 7) is 3.74. The van der Waals surface area contributed by atoms with Crippen LogP contribution in [0.2, 0.25) is 10.0 Å². The fraction of sp³-hybridized carbons (Fsp3) is 0.111. The molecule has 0 bridgehead atoms. The highest BCUT2D eigenvalue weighted by molar-refractivity contribution is 6.32. The molecule has 2 N–H and O–H groups in total. The molecule has 0 atom stereocenters. The first-order chi connectivity index (χ1) is 11.3. The number of anilines is 2. The second kappa shape index (κ2) is 7.99. The Balaban J connectivity index is 1.93. The number of benzene rings is 2. The summed E-state index contributed by atoms with van der Waals surface area (Å²) in [6, 6.07) is 10.4. The largest absolute Gasteiger partial charge is 0.322 e. The quantitative estimate of drug-likeness (QED) is 0.771. The monoisotopic (exact) mass is 362 g/mol. The minimum Gasteiger partial charge on any atom is -0.322 e.